The summed E-state index contributed by atoms with van der Waals surface area (Å²) in [5.41, 5.74) is 2.73. The average molecular weight is 420 g/mol. The summed E-state index contributed by atoms with van der Waals surface area (Å²) in [5, 5.41) is 4.38. The Kier molecular flexibility index (Phi) is 7.01. The van der Waals surface area contributed by atoms with E-state index >= 15 is 0 Å². The minimum absolute atomic E-state index is 0.224. The minimum atomic E-state index is -0.374. The number of rotatable bonds is 8. The van der Waals surface area contributed by atoms with Crippen molar-refractivity contribution in [3.05, 3.63) is 87.7 Å². The van der Waals surface area contributed by atoms with Gasteiger partial charge in [0.2, 0.25) is 0 Å². The van der Waals surface area contributed by atoms with E-state index in [1.807, 2.05) is 49.4 Å². The van der Waals surface area contributed by atoms with Gasteiger partial charge in [-0.15, -0.1) is 0 Å². The van der Waals surface area contributed by atoms with Crippen molar-refractivity contribution < 1.29 is 13.9 Å². The van der Waals surface area contributed by atoms with Crippen molar-refractivity contribution in [2.24, 2.45) is 0 Å². The second kappa shape index (κ2) is 9.67. The van der Waals surface area contributed by atoms with Gasteiger partial charge in [-0.1, -0.05) is 35.3 Å². The molecule has 0 spiro atoms. The third-order valence-electron chi connectivity index (χ3n) is 4.05. The van der Waals surface area contributed by atoms with Gasteiger partial charge >= 0.3 is 0 Å². The molecule has 3 nitrogen and oxygen atoms in total. The average Bonchev–Trinajstić information content (AvgIpc) is 2.68. The maximum Gasteiger partial charge on any atom is 0.161 e. The lowest BCUT2D eigenvalue weighted by Crippen LogP contribution is -2.03. The van der Waals surface area contributed by atoms with Crippen LogP contribution in [0, 0.1) is 5.82 Å². The highest BCUT2D eigenvalue weighted by Gasteiger charge is 2.09. The Morgan fingerprint density at radius 2 is 1.68 bits per heavy atom. The Bertz CT molecular complexity index is 932. The van der Waals surface area contributed by atoms with Gasteiger partial charge in [-0.25, -0.2) is 4.39 Å². The molecule has 146 valence electrons. The Balaban J connectivity index is 1.68. The molecule has 1 N–H and O–H groups in total. The SMILES string of the molecule is CCOc1cc(CNc2ccc(Cl)cc2)ccc1OCc1ccc(F)cc1Cl. The fourth-order valence-corrected chi connectivity index (χ4v) is 2.96. The number of anilines is 1. The summed E-state index contributed by atoms with van der Waals surface area (Å²) < 4.78 is 24.8. The molecule has 0 fully saturated rings. The minimum Gasteiger partial charge on any atom is -0.490 e. The van der Waals surface area contributed by atoms with Gasteiger partial charge in [0, 0.05) is 22.8 Å². The largest absolute Gasteiger partial charge is 0.490 e. The van der Waals surface area contributed by atoms with Gasteiger partial charge in [-0.3, -0.25) is 0 Å². The zero-order valence-corrected chi connectivity index (χ0v) is 16.9. The van der Waals surface area contributed by atoms with Crippen molar-refractivity contribution in [2.45, 2.75) is 20.1 Å². The molecule has 0 saturated heterocycles. The topological polar surface area (TPSA) is 30.5 Å². The van der Waals surface area contributed by atoms with E-state index in [9.17, 15) is 4.39 Å². The number of benzene rings is 3. The lowest BCUT2D eigenvalue weighted by molar-refractivity contribution is 0.269. The van der Waals surface area contributed by atoms with Crippen molar-refractivity contribution in [3.8, 4) is 11.5 Å². The van der Waals surface area contributed by atoms with Crippen molar-refractivity contribution in [2.75, 3.05) is 11.9 Å². The number of hydrogen-bond donors (Lipinski definition) is 1. The quantitative estimate of drug-likeness (QED) is 0.439. The van der Waals surface area contributed by atoms with Crippen LogP contribution in [-0.2, 0) is 13.2 Å². The molecule has 0 bridgehead atoms. The maximum absolute atomic E-state index is 13.2. The van der Waals surface area contributed by atoms with Gasteiger partial charge < -0.3 is 14.8 Å². The van der Waals surface area contributed by atoms with E-state index in [0.717, 1.165) is 11.3 Å². The van der Waals surface area contributed by atoms with Crippen LogP contribution in [0.5, 0.6) is 11.5 Å². The van der Waals surface area contributed by atoms with Crippen molar-refractivity contribution in [3.63, 3.8) is 0 Å². The molecular weight excluding hydrogens is 400 g/mol. The highest BCUT2D eigenvalue weighted by Crippen LogP contribution is 2.30. The normalized spacial score (nSPS) is 10.6. The number of ether oxygens (including phenoxy) is 2. The predicted molar refractivity (Wildman–Crippen MR) is 112 cm³/mol. The Hall–Kier alpha value is -2.43. The van der Waals surface area contributed by atoms with Crippen LogP contribution in [0.1, 0.15) is 18.1 Å². The van der Waals surface area contributed by atoms with E-state index in [1.54, 1.807) is 6.07 Å². The fraction of sp³-hybridized carbons (Fsp3) is 0.182. The summed E-state index contributed by atoms with van der Waals surface area (Å²) in [6, 6.07) is 17.5. The van der Waals surface area contributed by atoms with E-state index in [-0.39, 0.29) is 12.4 Å². The highest BCUT2D eigenvalue weighted by atomic mass is 35.5. The summed E-state index contributed by atoms with van der Waals surface area (Å²) in [7, 11) is 0. The zero-order chi connectivity index (χ0) is 19.9. The van der Waals surface area contributed by atoms with Crippen LogP contribution in [0.15, 0.2) is 60.7 Å². The van der Waals surface area contributed by atoms with Crippen molar-refractivity contribution in [1.29, 1.82) is 0 Å². The van der Waals surface area contributed by atoms with Crippen LogP contribution in [0.4, 0.5) is 10.1 Å². The monoisotopic (exact) mass is 419 g/mol. The molecule has 0 atom stereocenters. The maximum atomic E-state index is 13.2. The Morgan fingerprint density at radius 1 is 0.893 bits per heavy atom. The third kappa shape index (κ3) is 5.54. The third-order valence-corrected chi connectivity index (χ3v) is 4.65. The van der Waals surface area contributed by atoms with Crippen LogP contribution in [0.25, 0.3) is 0 Å². The van der Waals surface area contributed by atoms with Gasteiger partial charge in [0.1, 0.15) is 12.4 Å². The smallest absolute Gasteiger partial charge is 0.161 e. The van der Waals surface area contributed by atoms with Crippen LogP contribution in [0.2, 0.25) is 10.0 Å². The Labute approximate surface area is 174 Å². The molecule has 0 amide bonds. The summed E-state index contributed by atoms with van der Waals surface area (Å²) in [4.78, 5) is 0. The molecule has 0 unspecified atom stereocenters. The van der Waals surface area contributed by atoms with E-state index < -0.39 is 0 Å². The van der Waals surface area contributed by atoms with Crippen molar-refractivity contribution >= 4 is 28.9 Å². The molecule has 28 heavy (non-hydrogen) atoms. The van der Waals surface area contributed by atoms with Crippen LogP contribution < -0.4 is 14.8 Å². The van der Waals surface area contributed by atoms with E-state index in [0.29, 0.717) is 40.3 Å². The van der Waals surface area contributed by atoms with Gasteiger partial charge in [0.15, 0.2) is 11.5 Å². The molecule has 0 saturated carbocycles. The first-order chi connectivity index (χ1) is 13.5. The second-order valence-corrected chi connectivity index (χ2v) is 6.94. The molecule has 0 aliphatic carbocycles. The van der Waals surface area contributed by atoms with E-state index in [1.165, 1.54) is 12.1 Å². The van der Waals surface area contributed by atoms with E-state index in [2.05, 4.69) is 5.32 Å². The predicted octanol–water partition coefficient (Wildman–Crippen LogP) is 6.72. The number of halogens is 3. The molecule has 3 rings (SSSR count). The lowest BCUT2D eigenvalue weighted by Gasteiger charge is -2.15. The fourth-order valence-electron chi connectivity index (χ4n) is 2.62. The summed E-state index contributed by atoms with van der Waals surface area (Å²) in [6.45, 7) is 3.29. The van der Waals surface area contributed by atoms with Gasteiger partial charge in [-0.05, 0) is 61.0 Å². The molecule has 6 heteroatoms. The van der Waals surface area contributed by atoms with E-state index in [4.69, 9.17) is 32.7 Å². The molecule has 0 heterocycles. The van der Waals surface area contributed by atoms with Crippen LogP contribution in [0.3, 0.4) is 0 Å². The molecule has 0 aliphatic heterocycles. The number of hydrogen-bond acceptors (Lipinski definition) is 3. The first-order valence-electron chi connectivity index (χ1n) is 8.87. The van der Waals surface area contributed by atoms with Gasteiger partial charge in [0.25, 0.3) is 0 Å². The molecule has 0 aliphatic rings. The second-order valence-electron chi connectivity index (χ2n) is 6.10. The number of nitrogens with one attached hydrogen (secondary N) is 1. The van der Waals surface area contributed by atoms with Crippen LogP contribution in [-0.4, -0.2) is 6.61 Å². The standard InChI is InChI=1S/C22H20Cl2FNO2/c1-2-27-22-11-15(13-26-19-8-5-17(23)6-9-19)3-10-21(22)28-14-16-4-7-18(25)12-20(16)24/h3-12,26H,2,13-14H2,1H3. The zero-order valence-electron chi connectivity index (χ0n) is 15.3. The molecule has 0 aromatic heterocycles. The van der Waals surface area contributed by atoms with Crippen LogP contribution >= 0.6 is 23.2 Å². The highest BCUT2D eigenvalue weighted by molar-refractivity contribution is 6.31. The molecule has 0 radical (unpaired) electrons. The molecule has 3 aromatic carbocycles. The Morgan fingerprint density at radius 3 is 2.39 bits per heavy atom. The first-order valence-corrected chi connectivity index (χ1v) is 9.62. The molecular formula is C22H20Cl2FNO2. The van der Waals surface area contributed by atoms with Crippen molar-refractivity contribution in [1.82, 2.24) is 0 Å². The van der Waals surface area contributed by atoms with Gasteiger partial charge in [-0.2, -0.15) is 0 Å². The summed E-state index contributed by atoms with van der Waals surface area (Å²) in [5.74, 6) is 0.884. The summed E-state index contributed by atoms with van der Waals surface area (Å²) in [6.07, 6.45) is 0. The van der Waals surface area contributed by atoms with Gasteiger partial charge in [0.05, 0.1) is 11.6 Å². The molecule has 3 aromatic rings. The summed E-state index contributed by atoms with van der Waals surface area (Å²) >= 11 is 12.0. The first kappa shape index (κ1) is 20.3. The lowest BCUT2D eigenvalue weighted by atomic mass is 10.2.